The molecule has 0 spiro atoms. The Hall–Kier alpha value is -0.780. The van der Waals surface area contributed by atoms with Crippen LogP contribution in [0.2, 0.25) is 0 Å². The molecule has 0 nitrogen and oxygen atoms in total. The quantitative estimate of drug-likeness (QED) is 0.389. The molecule has 0 saturated heterocycles. The summed E-state index contributed by atoms with van der Waals surface area (Å²) in [5, 5.41) is 0. The van der Waals surface area contributed by atoms with Crippen molar-refractivity contribution in [2.45, 2.75) is 156 Å². The smallest absolute Gasteiger partial charge is 0.0380 e. The Kier molecular flexibility index (Phi) is 39.2. The van der Waals surface area contributed by atoms with E-state index in [2.05, 4.69) is 95.2 Å². The van der Waals surface area contributed by atoms with Gasteiger partial charge in [0, 0.05) is 0 Å². The lowest BCUT2D eigenvalue weighted by Crippen LogP contribution is -2.16. The fourth-order valence-corrected chi connectivity index (χ4v) is 3.20. The van der Waals surface area contributed by atoms with Crippen LogP contribution in [0.3, 0.4) is 0 Å². The summed E-state index contributed by atoms with van der Waals surface area (Å²) in [4.78, 5) is 0. The molecular formula is C32H68. The Labute approximate surface area is 208 Å². The molecule has 32 heavy (non-hydrogen) atoms. The fourth-order valence-electron chi connectivity index (χ4n) is 3.20. The van der Waals surface area contributed by atoms with E-state index in [4.69, 9.17) is 0 Å². The molecule has 0 bridgehead atoms. The first-order valence-electron chi connectivity index (χ1n) is 13.8. The van der Waals surface area contributed by atoms with Gasteiger partial charge in [0.05, 0.1) is 0 Å². The molecule has 0 saturated carbocycles. The van der Waals surface area contributed by atoms with Crippen molar-refractivity contribution in [3.63, 3.8) is 0 Å². The monoisotopic (exact) mass is 453 g/mol. The third kappa shape index (κ3) is 56.9. The van der Waals surface area contributed by atoms with Crippen LogP contribution in [0.15, 0.2) is 30.3 Å². The Bertz CT molecular complexity index is 368. The number of hydrogen-bond acceptors (Lipinski definition) is 0. The van der Waals surface area contributed by atoms with Gasteiger partial charge in [-0.1, -0.05) is 172 Å². The second-order valence-corrected chi connectivity index (χ2v) is 10.7. The molecule has 0 aliphatic heterocycles. The van der Waals surface area contributed by atoms with Gasteiger partial charge in [-0.2, -0.15) is 0 Å². The zero-order valence-corrected chi connectivity index (χ0v) is 25.9. The van der Waals surface area contributed by atoms with Gasteiger partial charge in [-0.15, -0.1) is 0 Å². The third-order valence-corrected chi connectivity index (χ3v) is 3.82. The molecule has 1 rings (SSSR count). The van der Waals surface area contributed by atoms with Crippen LogP contribution in [0, 0.1) is 23.7 Å². The summed E-state index contributed by atoms with van der Waals surface area (Å²) in [6.07, 6.45) is 9.46. The molecule has 0 heteroatoms. The lowest BCUT2D eigenvalue weighted by molar-refractivity contribution is 0.233. The van der Waals surface area contributed by atoms with Crippen molar-refractivity contribution in [1.82, 2.24) is 0 Å². The number of benzene rings is 1. The molecule has 0 aliphatic rings. The van der Waals surface area contributed by atoms with E-state index >= 15 is 0 Å². The summed E-state index contributed by atoms with van der Waals surface area (Å²) in [5.74, 6) is 0.852. The van der Waals surface area contributed by atoms with Gasteiger partial charge in [0.2, 0.25) is 0 Å². The average molecular weight is 453 g/mol. The molecule has 0 fully saturated rings. The summed E-state index contributed by atoms with van der Waals surface area (Å²) < 4.78 is 0. The van der Waals surface area contributed by atoms with Gasteiger partial charge >= 0.3 is 0 Å². The van der Waals surface area contributed by atoms with Gasteiger partial charge in [0.15, 0.2) is 0 Å². The highest BCUT2D eigenvalue weighted by Gasteiger charge is 2.20. The minimum atomic E-state index is 0.491. The van der Waals surface area contributed by atoms with E-state index < -0.39 is 0 Å². The molecular weight excluding hydrogens is 384 g/mol. The SMILES string of the molecule is CC.CC.CC(CC(C)(C)C)CC(C)(C)C.CCC.CCCCCC.Cc1ccccc1. The zero-order chi connectivity index (χ0) is 26.6. The summed E-state index contributed by atoms with van der Waals surface area (Å²) in [6, 6.07) is 10.3. The van der Waals surface area contributed by atoms with Crippen LogP contribution in [-0.2, 0) is 0 Å². The first-order chi connectivity index (χ1) is 14.8. The largest absolute Gasteiger partial charge is 0.0683 e. The van der Waals surface area contributed by atoms with Crippen LogP contribution in [0.5, 0.6) is 0 Å². The average Bonchev–Trinajstić information content (AvgIpc) is 2.69. The number of hydrogen-bond donors (Lipinski definition) is 0. The van der Waals surface area contributed by atoms with Crippen molar-refractivity contribution in [1.29, 1.82) is 0 Å². The van der Waals surface area contributed by atoms with Crippen LogP contribution < -0.4 is 0 Å². The predicted molar refractivity (Wildman–Crippen MR) is 157 cm³/mol. The molecule has 0 unspecified atom stereocenters. The molecule has 1 aromatic carbocycles. The van der Waals surface area contributed by atoms with Crippen LogP contribution >= 0.6 is 0 Å². The van der Waals surface area contributed by atoms with Gasteiger partial charge in [-0.05, 0) is 36.5 Å². The summed E-state index contributed by atoms with van der Waals surface area (Å²) in [7, 11) is 0. The van der Waals surface area contributed by atoms with Crippen molar-refractivity contribution in [3.05, 3.63) is 35.9 Å². The highest BCUT2D eigenvalue weighted by molar-refractivity contribution is 5.11. The van der Waals surface area contributed by atoms with E-state index in [9.17, 15) is 0 Å². The number of unbranched alkanes of at least 4 members (excludes halogenated alkanes) is 3. The second-order valence-electron chi connectivity index (χ2n) is 10.7. The van der Waals surface area contributed by atoms with Crippen molar-refractivity contribution in [3.8, 4) is 0 Å². The summed E-state index contributed by atoms with van der Waals surface area (Å²) in [5.41, 5.74) is 2.30. The van der Waals surface area contributed by atoms with Crippen LogP contribution in [0.1, 0.15) is 154 Å². The molecule has 0 heterocycles. The summed E-state index contributed by atoms with van der Waals surface area (Å²) >= 11 is 0. The van der Waals surface area contributed by atoms with E-state index in [1.54, 1.807) is 0 Å². The molecule has 0 aromatic heterocycles. The highest BCUT2D eigenvalue weighted by Crippen LogP contribution is 2.32. The minimum Gasteiger partial charge on any atom is -0.0683 e. The normalized spacial score (nSPS) is 9.78. The molecule has 0 aliphatic carbocycles. The number of aryl methyl sites for hydroxylation is 1. The predicted octanol–water partition coefficient (Wildman–Crippen LogP) is 12.5. The first kappa shape index (κ1) is 41.5. The molecule has 1 aromatic rings. The van der Waals surface area contributed by atoms with Crippen LogP contribution in [-0.4, -0.2) is 0 Å². The zero-order valence-electron chi connectivity index (χ0n) is 25.9. The van der Waals surface area contributed by atoms with Crippen LogP contribution in [0.25, 0.3) is 0 Å². The second kappa shape index (κ2) is 30.2. The molecule has 0 amide bonds. The highest BCUT2D eigenvalue weighted by atomic mass is 14.3. The van der Waals surface area contributed by atoms with E-state index in [0.29, 0.717) is 10.8 Å². The van der Waals surface area contributed by atoms with E-state index in [-0.39, 0.29) is 0 Å². The van der Waals surface area contributed by atoms with Gasteiger partial charge in [-0.25, -0.2) is 0 Å². The van der Waals surface area contributed by atoms with E-state index in [1.165, 1.54) is 50.5 Å². The van der Waals surface area contributed by atoms with Crippen molar-refractivity contribution < 1.29 is 0 Å². The molecule has 0 N–H and O–H groups in total. The topological polar surface area (TPSA) is 0 Å². The Morgan fingerprint density at radius 2 is 0.906 bits per heavy atom. The molecule has 0 atom stereocenters. The Morgan fingerprint density at radius 1 is 0.625 bits per heavy atom. The standard InChI is InChI=1S/C12H26.C7H8.C6H14.C3H8.2C2H6/c1-10(8-11(2,3)4)9-12(5,6)7;1-7-5-3-2-4-6-7;1-3-5-6-4-2;1-3-2;2*1-2/h10H,8-9H2,1-7H3;2-6H,1H3;3-6H2,1-2H3;3H2,1-2H3;2*1-2H3. The van der Waals surface area contributed by atoms with Gasteiger partial charge in [0.25, 0.3) is 0 Å². The van der Waals surface area contributed by atoms with Gasteiger partial charge in [-0.3, -0.25) is 0 Å². The van der Waals surface area contributed by atoms with Crippen molar-refractivity contribution in [2.24, 2.45) is 16.7 Å². The minimum absolute atomic E-state index is 0.491. The van der Waals surface area contributed by atoms with Crippen LogP contribution in [0.4, 0.5) is 0 Å². The Balaban J connectivity index is -0.000000104. The molecule has 0 radical (unpaired) electrons. The first-order valence-corrected chi connectivity index (χ1v) is 13.8. The maximum Gasteiger partial charge on any atom is -0.0380 e. The maximum absolute atomic E-state index is 2.37. The van der Waals surface area contributed by atoms with Crippen molar-refractivity contribution >= 4 is 0 Å². The summed E-state index contributed by atoms with van der Waals surface area (Å²) in [6.45, 7) is 35.1. The van der Waals surface area contributed by atoms with E-state index in [1.807, 2.05) is 45.9 Å². The van der Waals surface area contributed by atoms with E-state index in [0.717, 1.165) is 5.92 Å². The maximum atomic E-state index is 2.37. The Morgan fingerprint density at radius 3 is 1.06 bits per heavy atom. The third-order valence-electron chi connectivity index (χ3n) is 3.82. The fraction of sp³-hybridized carbons (Fsp3) is 0.812. The lowest BCUT2D eigenvalue weighted by atomic mass is 9.78. The lowest BCUT2D eigenvalue weighted by Gasteiger charge is -2.28. The van der Waals surface area contributed by atoms with Crippen molar-refractivity contribution in [2.75, 3.05) is 0 Å². The van der Waals surface area contributed by atoms with Gasteiger partial charge < -0.3 is 0 Å². The molecule has 196 valence electrons. The van der Waals surface area contributed by atoms with Gasteiger partial charge in [0.1, 0.15) is 0 Å². The number of rotatable bonds is 5.